The van der Waals surface area contributed by atoms with Gasteiger partial charge in [-0.05, 0) is 25.7 Å². The molecule has 2 unspecified atom stereocenters. The minimum Gasteiger partial charge on any atom is -0.392 e. The van der Waals surface area contributed by atoms with E-state index in [1.165, 1.54) is 29.1 Å². The number of oxime groups is 1. The molecule has 1 saturated carbocycles. The summed E-state index contributed by atoms with van der Waals surface area (Å²) in [5.74, 6) is -0.405. The van der Waals surface area contributed by atoms with Crippen LogP contribution in [0.15, 0.2) is 34.5 Å². The van der Waals surface area contributed by atoms with Crippen molar-refractivity contribution in [2.45, 2.75) is 51.5 Å². The standard InChI is InChI=1S/C25H35N5O4S2/c1-16-12-20(35-19-4-5-19)6-7-22(16)23(28-34-17(2)15-31)24(33)27-25-26-13-21(36-25)14-29-8-10-30(11-9-29)18(3)32/h6-7,12-13,16-17,19,22,31H,4-5,8-11,14-15H2,1-3H3,(H,26,27,33)/b28-23+/t16?,17-,22?/m1/s1. The number of aromatic nitrogens is 1. The third kappa shape index (κ3) is 7.41. The van der Waals surface area contributed by atoms with Crippen LogP contribution >= 0.6 is 23.1 Å². The Labute approximate surface area is 220 Å². The van der Waals surface area contributed by atoms with Crippen molar-refractivity contribution in [2.24, 2.45) is 17.0 Å². The van der Waals surface area contributed by atoms with Crippen molar-refractivity contribution in [2.75, 3.05) is 38.1 Å². The topological polar surface area (TPSA) is 107 Å². The summed E-state index contributed by atoms with van der Waals surface area (Å²) in [5, 5.41) is 17.6. The number of thiazole rings is 1. The Hall–Kier alpha value is -2.21. The van der Waals surface area contributed by atoms with Crippen molar-refractivity contribution in [3.63, 3.8) is 0 Å². The summed E-state index contributed by atoms with van der Waals surface area (Å²) in [5.41, 5.74) is 0.267. The van der Waals surface area contributed by atoms with Gasteiger partial charge in [-0.1, -0.05) is 30.3 Å². The monoisotopic (exact) mass is 533 g/mol. The molecule has 1 aromatic rings. The zero-order valence-corrected chi connectivity index (χ0v) is 22.7. The molecule has 0 spiro atoms. The van der Waals surface area contributed by atoms with Gasteiger partial charge in [0.15, 0.2) is 10.8 Å². The Morgan fingerprint density at radius 1 is 1.33 bits per heavy atom. The lowest BCUT2D eigenvalue weighted by Gasteiger charge is -2.33. The van der Waals surface area contributed by atoms with Gasteiger partial charge < -0.3 is 14.8 Å². The Morgan fingerprint density at radius 3 is 2.72 bits per heavy atom. The first kappa shape index (κ1) is 26.8. The summed E-state index contributed by atoms with van der Waals surface area (Å²) in [6.07, 6.45) is 10.1. The molecule has 4 rings (SSSR count). The van der Waals surface area contributed by atoms with E-state index in [1.807, 2.05) is 22.7 Å². The van der Waals surface area contributed by atoms with Gasteiger partial charge in [-0.2, -0.15) is 0 Å². The number of anilines is 1. The minimum atomic E-state index is -0.512. The quantitative estimate of drug-likeness (QED) is 0.352. The van der Waals surface area contributed by atoms with Crippen molar-refractivity contribution in [1.82, 2.24) is 14.8 Å². The number of aliphatic hydroxyl groups excluding tert-OH is 1. The zero-order valence-electron chi connectivity index (χ0n) is 21.1. The van der Waals surface area contributed by atoms with Gasteiger partial charge in [0.05, 0.1) is 6.61 Å². The molecular weight excluding hydrogens is 498 g/mol. The Kier molecular flexibility index (Phi) is 9.21. The molecule has 11 heteroatoms. The highest BCUT2D eigenvalue weighted by atomic mass is 32.2. The van der Waals surface area contributed by atoms with E-state index < -0.39 is 6.10 Å². The molecule has 2 aliphatic carbocycles. The van der Waals surface area contributed by atoms with Crippen LogP contribution in [-0.4, -0.2) is 81.6 Å². The van der Waals surface area contributed by atoms with Gasteiger partial charge in [0.2, 0.25) is 5.91 Å². The van der Waals surface area contributed by atoms with E-state index in [4.69, 9.17) is 4.84 Å². The Bertz CT molecular complexity index is 1030. The van der Waals surface area contributed by atoms with E-state index in [0.717, 1.165) is 37.6 Å². The summed E-state index contributed by atoms with van der Waals surface area (Å²) >= 11 is 3.33. The van der Waals surface area contributed by atoms with Crippen LogP contribution in [0.2, 0.25) is 0 Å². The van der Waals surface area contributed by atoms with E-state index in [-0.39, 0.29) is 36.0 Å². The van der Waals surface area contributed by atoms with E-state index in [9.17, 15) is 14.7 Å². The van der Waals surface area contributed by atoms with E-state index in [2.05, 4.69) is 39.4 Å². The van der Waals surface area contributed by atoms with Crippen molar-refractivity contribution in [1.29, 1.82) is 0 Å². The van der Waals surface area contributed by atoms with E-state index >= 15 is 0 Å². The number of piperazine rings is 1. The minimum absolute atomic E-state index is 0.0781. The summed E-state index contributed by atoms with van der Waals surface area (Å²) in [7, 11) is 0. The van der Waals surface area contributed by atoms with Crippen LogP contribution in [0.4, 0.5) is 5.13 Å². The number of hydrogen-bond acceptors (Lipinski definition) is 9. The molecule has 0 aromatic carbocycles. The van der Waals surface area contributed by atoms with E-state index in [1.54, 1.807) is 20.0 Å². The van der Waals surface area contributed by atoms with Gasteiger partial charge in [-0.25, -0.2) is 4.98 Å². The number of thioether (sulfide) groups is 1. The SMILES string of the molecule is CC(=O)N1CCN(Cc2cnc(NC(=O)/C(=N/O[C@H](C)CO)C3C=CC(SC4CC4)=CC3C)s2)CC1. The highest BCUT2D eigenvalue weighted by Crippen LogP contribution is 2.41. The predicted octanol–water partition coefficient (Wildman–Crippen LogP) is 3.10. The maximum atomic E-state index is 13.3. The first-order valence-electron chi connectivity index (χ1n) is 12.5. The summed E-state index contributed by atoms with van der Waals surface area (Å²) in [6.45, 7) is 9.01. The van der Waals surface area contributed by atoms with Crippen molar-refractivity contribution >= 4 is 45.8 Å². The van der Waals surface area contributed by atoms with Gasteiger partial charge in [0.25, 0.3) is 5.91 Å². The summed E-state index contributed by atoms with van der Waals surface area (Å²) in [4.78, 5) is 41.1. The van der Waals surface area contributed by atoms with Gasteiger partial charge >= 0.3 is 0 Å². The molecule has 2 amide bonds. The number of aliphatic hydroxyl groups is 1. The summed E-state index contributed by atoms with van der Waals surface area (Å²) in [6, 6.07) is 0. The van der Waals surface area contributed by atoms with Crippen LogP contribution in [0, 0.1) is 11.8 Å². The first-order chi connectivity index (χ1) is 17.3. The highest BCUT2D eigenvalue weighted by molar-refractivity contribution is 8.04. The fraction of sp³-hybridized carbons (Fsp3) is 0.600. The Morgan fingerprint density at radius 2 is 2.08 bits per heavy atom. The lowest BCUT2D eigenvalue weighted by atomic mass is 9.85. The fourth-order valence-electron chi connectivity index (χ4n) is 4.06. The smallest absolute Gasteiger partial charge is 0.275 e. The maximum absolute atomic E-state index is 13.3. The van der Waals surface area contributed by atoms with Crippen molar-refractivity contribution < 1.29 is 19.5 Å². The van der Waals surface area contributed by atoms with Gasteiger partial charge in [0, 0.05) is 66.8 Å². The predicted molar refractivity (Wildman–Crippen MR) is 144 cm³/mol. The second-order valence-corrected chi connectivity index (χ2v) is 12.1. The van der Waals surface area contributed by atoms with Crippen LogP contribution < -0.4 is 5.32 Å². The lowest BCUT2D eigenvalue weighted by molar-refractivity contribution is -0.130. The average molecular weight is 534 g/mol. The lowest BCUT2D eigenvalue weighted by Crippen LogP contribution is -2.47. The second kappa shape index (κ2) is 12.4. The first-order valence-corrected chi connectivity index (χ1v) is 14.2. The molecule has 2 N–H and O–H groups in total. The van der Waals surface area contributed by atoms with Crippen LogP contribution in [-0.2, 0) is 21.0 Å². The number of carbonyl (C=O) groups is 2. The fourth-order valence-corrected chi connectivity index (χ4v) is 6.12. The highest BCUT2D eigenvalue weighted by Gasteiger charge is 2.31. The summed E-state index contributed by atoms with van der Waals surface area (Å²) < 4.78 is 0. The van der Waals surface area contributed by atoms with Crippen LogP contribution in [0.5, 0.6) is 0 Å². The molecule has 2 fully saturated rings. The number of allylic oxidation sites excluding steroid dienone is 3. The number of nitrogens with zero attached hydrogens (tertiary/aromatic N) is 4. The molecule has 36 heavy (non-hydrogen) atoms. The van der Waals surface area contributed by atoms with Crippen LogP contribution in [0.1, 0.15) is 38.5 Å². The molecule has 9 nitrogen and oxygen atoms in total. The largest absolute Gasteiger partial charge is 0.392 e. The van der Waals surface area contributed by atoms with Crippen molar-refractivity contribution in [3.05, 3.63) is 34.2 Å². The molecule has 1 aliphatic heterocycles. The van der Waals surface area contributed by atoms with E-state index in [0.29, 0.717) is 10.4 Å². The number of rotatable bonds is 10. The third-order valence-electron chi connectivity index (χ3n) is 6.40. The number of amides is 2. The zero-order chi connectivity index (χ0) is 25.7. The second-order valence-electron chi connectivity index (χ2n) is 9.57. The number of nitrogens with one attached hydrogen (secondary N) is 1. The molecule has 2 heterocycles. The molecule has 1 saturated heterocycles. The Balaban J connectivity index is 1.39. The third-order valence-corrected chi connectivity index (χ3v) is 8.64. The van der Waals surface area contributed by atoms with Gasteiger partial charge in [-0.3, -0.25) is 19.8 Å². The van der Waals surface area contributed by atoms with Crippen molar-refractivity contribution in [3.8, 4) is 0 Å². The molecular formula is C25H35N5O4S2. The molecule has 0 radical (unpaired) electrons. The normalized spacial score (nSPS) is 23.8. The molecule has 196 valence electrons. The number of carbonyl (C=O) groups excluding carboxylic acids is 2. The van der Waals surface area contributed by atoms with Gasteiger partial charge in [0.1, 0.15) is 6.10 Å². The van der Waals surface area contributed by atoms with Crippen LogP contribution in [0.25, 0.3) is 0 Å². The molecule has 1 aromatic heterocycles. The maximum Gasteiger partial charge on any atom is 0.275 e. The van der Waals surface area contributed by atoms with Gasteiger partial charge in [-0.15, -0.1) is 23.1 Å². The molecule has 3 atom stereocenters. The average Bonchev–Trinajstić information content (AvgIpc) is 3.57. The molecule has 3 aliphatic rings. The molecule has 0 bridgehead atoms. The van der Waals surface area contributed by atoms with Crippen LogP contribution in [0.3, 0.4) is 0 Å². The number of hydrogen-bond donors (Lipinski definition) is 2.